The van der Waals surface area contributed by atoms with Crippen LogP contribution in [0, 0.1) is 0 Å². The van der Waals surface area contributed by atoms with Crippen LogP contribution in [0.3, 0.4) is 0 Å². The average Bonchev–Trinajstić information content (AvgIpc) is 2.94. The molecule has 0 aromatic carbocycles. The number of β-amino-alcohol motifs (C(OH)–C–C–N with tert-alkyl or cyclic N) is 1. The lowest BCUT2D eigenvalue weighted by Crippen LogP contribution is -2.37. The number of fused-ring (bicyclic) bond motifs is 1. The van der Waals surface area contributed by atoms with Gasteiger partial charge in [-0.1, -0.05) is 0 Å². The summed E-state index contributed by atoms with van der Waals surface area (Å²) in [7, 11) is 1.54. The minimum Gasteiger partial charge on any atom is -0.481 e. The van der Waals surface area contributed by atoms with Crippen molar-refractivity contribution >= 4 is 17.1 Å². The Morgan fingerprint density at radius 1 is 1.52 bits per heavy atom. The highest BCUT2D eigenvalue weighted by atomic mass is 16.6. The largest absolute Gasteiger partial charge is 0.481 e. The first-order valence-electron chi connectivity index (χ1n) is 7.25. The molecule has 0 saturated carbocycles. The molecule has 8 nitrogen and oxygen atoms in total. The summed E-state index contributed by atoms with van der Waals surface area (Å²) in [6, 6.07) is 5.30. The Balaban J connectivity index is 1.90. The van der Waals surface area contributed by atoms with Crippen LogP contribution >= 0.6 is 0 Å². The van der Waals surface area contributed by atoms with E-state index in [1.807, 2.05) is 0 Å². The number of carbonyl (C=O) groups excluding carboxylic acids is 1. The fourth-order valence-corrected chi connectivity index (χ4v) is 2.55. The van der Waals surface area contributed by atoms with Crippen molar-refractivity contribution in [3.8, 4) is 5.88 Å². The van der Waals surface area contributed by atoms with Crippen molar-refractivity contribution in [2.45, 2.75) is 12.2 Å². The second kappa shape index (κ2) is 6.35. The number of nitrogens with two attached hydrogens (primary N) is 1. The number of amides is 1. The van der Waals surface area contributed by atoms with Crippen molar-refractivity contribution in [2.24, 2.45) is 5.73 Å². The highest BCUT2D eigenvalue weighted by Gasteiger charge is 2.34. The maximum atomic E-state index is 12.0. The zero-order valence-electron chi connectivity index (χ0n) is 12.7. The number of aliphatic hydroxyl groups excluding tert-OH is 1. The van der Waals surface area contributed by atoms with E-state index in [-0.39, 0.29) is 13.1 Å². The Bertz CT molecular complexity index is 724. The topological polar surface area (TPSA) is 111 Å². The lowest BCUT2D eigenvalue weighted by Gasteiger charge is -2.16. The number of hydrogen-bond acceptors (Lipinski definition) is 7. The highest BCUT2D eigenvalue weighted by molar-refractivity contribution is 5.80. The van der Waals surface area contributed by atoms with E-state index >= 15 is 0 Å². The Labute approximate surface area is 132 Å². The van der Waals surface area contributed by atoms with Crippen molar-refractivity contribution in [3.63, 3.8) is 0 Å². The van der Waals surface area contributed by atoms with E-state index in [0.29, 0.717) is 23.5 Å². The Kier molecular flexibility index (Phi) is 4.26. The molecule has 2 aromatic rings. The van der Waals surface area contributed by atoms with Gasteiger partial charge in [0, 0.05) is 24.4 Å². The molecule has 1 fully saturated rings. The van der Waals surface area contributed by atoms with Gasteiger partial charge in [0.2, 0.25) is 5.88 Å². The number of ether oxygens (including phenoxy) is 2. The molecule has 8 heteroatoms. The molecule has 122 valence electrons. The highest BCUT2D eigenvalue weighted by Crippen LogP contribution is 2.30. The number of aromatic nitrogens is 2. The van der Waals surface area contributed by atoms with Crippen LogP contribution in [0.15, 0.2) is 24.4 Å². The van der Waals surface area contributed by atoms with Crippen LogP contribution in [0.25, 0.3) is 11.0 Å². The van der Waals surface area contributed by atoms with Crippen molar-refractivity contribution in [1.82, 2.24) is 14.9 Å². The molecule has 23 heavy (non-hydrogen) atoms. The van der Waals surface area contributed by atoms with Crippen LogP contribution in [-0.4, -0.2) is 58.9 Å². The van der Waals surface area contributed by atoms with E-state index in [4.69, 9.17) is 15.2 Å². The molecule has 2 unspecified atom stereocenters. The summed E-state index contributed by atoms with van der Waals surface area (Å²) >= 11 is 0. The van der Waals surface area contributed by atoms with E-state index in [9.17, 15) is 9.90 Å². The van der Waals surface area contributed by atoms with Gasteiger partial charge in [-0.2, -0.15) is 0 Å². The van der Waals surface area contributed by atoms with Crippen molar-refractivity contribution in [1.29, 1.82) is 0 Å². The van der Waals surface area contributed by atoms with Crippen LogP contribution in [0.5, 0.6) is 5.88 Å². The van der Waals surface area contributed by atoms with Gasteiger partial charge in [-0.15, -0.1) is 0 Å². The monoisotopic (exact) mass is 318 g/mol. The molecule has 1 aliphatic rings. The summed E-state index contributed by atoms with van der Waals surface area (Å²) < 4.78 is 10.6. The molecule has 1 aliphatic heterocycles. The smallest absolute Gasteiger partial charge is 0.410 e. The van der Waals surface area contributed by atoms with E-state index in [1.54, 1.807) is 24.4 Å². The number of hydrogen-bond donors (Lipinski definition) is 2. The third kappa shape index (κ3) is 3.03. The molecule has 1 saturated heterocycles. The predicted molar refractivity (Wildman–Crippen MR) is 81.9 cm³/mol. The quantitative estimate of drug-likeness (QED) is 0.823. The van der Waals surface area contributed by atoms with Gasteiger partial charge >= 0.3 is 6.09 Å². The molecule has 0 radical (unpaired) electrons. The average molecular weight is 318 g/mol. The zero-order valence-corrected chi connectivity index (χ0v) is 12.7. The van der Waals surface area contributed by atoms with Crippen molar-refractivity contribution in [2.75, 3.05) is 26.7 Å². The van der Waals surface area contributed by atoms with Gasteiger partial charge in [-0.05, 0) is 12.1 Å². The second-order valence-corrected chi connectivity index (χ2v) is 5.29. The Morgan fingerprint density at radius 3 is 3.09 bits per heavy atom. The van der Waals surface area contributed by atoms with Crippen LogP contribution in [0.1, 0.15) is 11.7 Å². The second-order valence-electron chi connectivity index (χ2n) is 5.29. The zero-order chi connectivity index (χ0) is 16.4. The molecule has 3 N–H and O–H groups in total. The van der Waals surface area contributed by atoms with Gasteiger partial charge in [-0.3, -0.25) is 4.98 Å². The summed E-state index contributed by atoms with van der Waals surface area (Å²) in [6.07, 6.45) is -0.0709. The lowest BCUT2D eigenvalue weighted by molar-refractivity contribution is 0.116. The summed E-state index contributed by atoms with van der Waals surface area (Å²) in [5.74, 6) is 0.464. The van der Waals surface area contributed by atoms with Gasteiger partial charge < -0.3 is 25.2 Å². The molecule has 2 atom stereocenters. The van der Waals surface area contributed by atoms with E-state index in [0.717, 1.165) is 5.56 Å². The molecule has 0 spiro atoms. The number of rotatable bonds is 5. The molecule has 1 amide bonds. The summed E-state index contributed by atoms with van der Waals surface area (Å²) in [4.78, 5) is 22.1. The number of cyclic esters (lactones) is 1. The van der Waals surface area contributed by atoms with Crippen LogP contribution in [0.2, 0.25) is 0 Å². The Morgan fingerprint density at radius 2 is 2.35 bits per heavy atom. The van der Waals surface area contributed by atoms with Crippen LogP contribution in [0.4, 0.5) is 4.79 Å². The summed E-state index contributed by atoms with van der Waals surface area (Å²) in [5.41, 5.74) is 7.47. The molecule has 0 aliphatic carbocycles. The fourth-order valence-electron chi connectivity index (χ4n) is 2.55. The number of carbonyl (C=O) groups is 1. The molecular formula is C15H18N4O4. The standard InChI is InChI=1S/C15H18N4O4/c1-22-13-3-2-11-14(18-13)10(4-5-17-11)12-8-19(15(21)23-12)7-9(20)6-16/h2-5,9,12,20H,6-8,16H2,1H3. The third-order valence-electron chi connectivity index (χ3n) is 3.74. The summed E-state index contributed by atoms with van der Waals surface area (Å²) in [5, 5.41) is 9.62. The predicted octanol–water partition coefficient (Wildman–Crippen LogP) is 0.451. The fraction of sp³-hybridized carbons (Fsp3) is 0.400. The van der Waals surface area contributed by atoms with Gasteiger partial charge in [0.15, 0.2) is 0 Å². The first-order chi connectivity index (χ1) is 11.1. The molecular weight excluding hydrogens is 300 g/mol. The minimum atomic E-state index is -0.770. The minimum absolute atomic E-state index is 0.0887. The van der Waals surface area contributed by atoms with Crippen molar-refractivity contribution in [3.05, 3.63) is 30.0 Å². The van der Waals surface area contributed by atoms with Gasteiger partial charge in [0.25, 0.3) is 0 Å². The SMILES string of the molecule is COc1ccc2nccc(C3CN(CC(O)CN)C(=O)O3)c2n1. The Hall–Kier alpha value is -2.45. The molecule has 3 rings (SSSR count). The number of aliphatic hydroxyl groups is 1. The molecule has 3 heterocycles. The van der Waals surface area contributed by atoms with Gasteiger partial charge in [0.05, 0.1) is 37.3 Å². The third-order valence-corrected chi connectivity index (χ3v) is 3.74. The first kappa shape index (κ1) is 15.4. The summed E-state index contributed by atoms with van der Waals surface area (Å²) in [6.45, 7) is 0.560. The lowest BCUT2D eigenvalue weighted by atomic mass is 10.1. The maximum Gasteiger partial charge on any atom is 0.410 e. The molecule has 0 bridgehead atoms. The van der Waals surface area contributed by atoms with Crippen molar-refractivity contribution < 1.29 is 19.4 Å². The number of nitrogens with zero attached hydrogens (tertiary/aromatic N) is 3. The van der Waals surface area contributed by atoms with Crippen LogP contribution in [-0.2, 0) is 4.74 Å². The van der Waals surface area contributed by atoms with Gasteiger partial charge in [-0.25, -0.2) is 9.78 Å². The first-order valence-corrected chi connectivity index (χ1v) is 7.25. The van der Waals surface area contributed by atoms with E-state index in [1.165, 1.54) is 12.0 Å². The van der Waals surface area contributed by atoms with E-state index in [2.05, 4.69) is 9.97 Å². The number of pyridine rings is 2. The van der Waals surface area contributed by atoms with E-state index < -0.39 is 18.3 Å². The van der Waals surface area contributed by atoms with Gasteiger partial charge in [0.1, 0.15) is 6.10 Å². The normalized spacial score (nSPS) is 19.0. The maximum absolute atomic E-state index is 12.0. The molecule has 2 aromatic heterocycles. The number of methoxy groups -OCH3 is 1. The van der Waals surface area contributed by atoms with Crippen LogP contribution < -0.4 is 10.5 Å².